The van der Waals surface area contributed by atoms with Gasteiger partial charge in [0.1, 0.15) is 0 Å². The Labute approximate surface area is 115 Å². The molecule has 18 heavy (non-hydrogen) atoms. The summed E-state index contributed by atoms with van der Waals surface area (Å²) in [6.07, 6.45) is 4.06. The first-order chi connectivity index (χ1) is 8.43. The minimum absolute atomic E-state index is 0.147. The molecule has 0 aromatic carbocycles. The summed E-state index contributed by atoms with van der Waals surface area (Å²) in [6.45, 7) is 4.88. The fourth-order valence-corrected chi connectivity index (χ4v) is 2.26. The highest BCUT2D eigenvalue weighted by Crippen LogP contribution is 2.13. The van der Waals surface area contributed by atoms with E-state index in [0.29, 0.717) is 5.91 Å². The van der Waals surface area contributed by atoms with Crippen LogP contribution < -0.4 is 5.32 Å². The number of hydrogen-bond donors (Lipinski definition) is 1. The van der Waals surface area contributed by atoms with Gasteiger partial charge in [-0.3, -0.25) is 9.59 Å². The van der Waals surface area contributed by atoms with Crippen LogP contribution in [-0.4, -0.2) is 49.4 Å². The van der Waals surface area contributed by atoms with Crippen LogP contribution in [0.5, 0.6) is 0 Å². The molecule has 1 saturated heterocycles. The minimum atomic E-state index is 0.147. The van der Waals surface area contributed by atoms with Crippen LogP contribution in [0.15, 0.2) is 0 Å². The van der Waals surface area contributed by atoms with Gasteiger partial charge in [0, 0.05) is 32.5 Å². The number of amides is 2. The molecule has 1 rings (SSSR count). The first-order valence-electron chi connectivity index (χ1n) is 6.39. The van der Waals surface area contributed by atoms with Crippen LogP contribution in [0.4, 0.5) is 0 Å². The molecule has 1 aliphatic rings. The van der Waals surface area contributed by atoms with E-state index < -0.39 is 0 Å². The van der Waals surface area contributed by atoms with Gasteiger partial charge in [-0.1, -0.05) is 13.8 Å². The molecule has 5 heteroatoms. The Morgan fingerprint density at radius 1 is 1.61 bits per heavy atom. The van der Waals surface area contributed by atoms with Crippen molar-refractivity contribution in [3.8, 4) is 0 Å². The van der Waals surface area contributed by atoms with E-state index in [-0.39, 0.29) is 17.7 Å². The molecule has 0 aromatic rings. The molecular weight excluding hydrogens is 248 g/mol. The van der Waals surface area contributed by atoms with Crippen molar-refractivity contribution >= 4 is 23.6 Å². The highest BCUT2D eigenvalue weighted by Gasteiger charge is 2.23. The molecule has 2 amide bonds. The number of thioether (sulfide) groups is 1. The lowest BCUT2D eigenvalue weighted by Crippen LogP contribution is -2.25. The van der Waals surface area contributed by atoms with Gasteiger partial charge in [0.15, 0.2) is 0 Å². The van der Waals surface area contributed by atoms with Gasteiger partial charge in [-0.25, -0.2) is 0 Å². The molecule has 2 atom stereocenters. The molecule has 0 saturated carbocycles. The zero-order valence-corrected chi connectivity index (χ0v) is 13.0. The minimum Gasteiger partial charge on any atom is -0.359 e. The van der Waals surface area contributed by atoms with Crippen molar-refractivity contribution in [2.75, 3.05) is 32.6 Å². The summed E-state index contributed by atoms with van der Waals surface area (Å²) in [5, 5.41) is 2.63. The van der Waals surface area contributed by atoms with E-state index in [0.717, 1.165) is 25.1 Å². The highest BCUT2D eigenvalue weighted by atomic mass is 32.2. The smallest absolute Gasteiger partial charge is 0.225 e. The van der Waals surface area contributed by atoms with Crippen molar-refractivity contribution in [1.82, 2.24) is 10.2 Å². The molecule has 2 unspecified atom stereocenters. The zero-order valence-electron chi connectivity index (χ0n) is 12.2. The van der Waals surface area contributed by atoms with E-state index in [2.05, 4.69) is 11.6 Å². The number of likely N-dealkylation sites (tertiary alicyclic amines) is 1. The first-order valence-corrected chi connectivity index (χ1v) is 7.78. The standard InChI is InChI=1S/C7H15NOS.C6H11NO/c1-6(4-5-10-3)7(9)8-2;1-5-3-4-7(2)6(5)8/h6H,4-5H2,1-3H3,(H,8,9);5H,3-4H2,1-2H3. The van der Waals surface area contributed by atoms with Gasteiger partial charge in [0.05, 0.1) is 0 Å². The van der Waals surface area contributed by atoms with E-state index in [1.807, 2.05) is 20.9 Å². The topological polar surface area (TPSA) is 49.4 Å². The predicted octanol–water partition coefficient (Wildman–Crippen LogP) is 1.61. The first kappa shape index (κ1) is 17.3. The third-order valence-electron chi connectivity index (χ3n) is 3.14. The van der Waals surface area contributed by atoms with E-state index in [1.54, 1.807) is 23.7 Å². The quantitative estimate of drug-likeness (QED) is 0.847. The third-order valence-corrected chi connectivity index (χ3v) is 3.79. The second kappa shape index (κ2) is 9.25. The van der Waals surface area contributed by atoms with Crippen molar-refractivity contribution in [2.24, 2.45) is 11.8 Å². The van der Waals surface area contributed by atoms with E-state index in [4.69, 9.17) is 0 Å². The highest BCUT2D eigenvalue weighted by molar-refractivity contribution is 7.98. The summed E-state index contributed by atoms with van der Waals surface area (Å²) in [6, 6.07) is 0. The molecule has 1 aliphatic heterocycles. The van der Waals surface area contributed by atoms with E-state index >= 15 is 0 Å². The molecule has 0 spiro atoms. The fraction of sp³-hybridized carbons (Fsp3) is 0.846. The fourth-order valence-electron chi connectivity index (χ4n) is 1.67. The lowest BCUT2D eigenvalue weighted by atomic mass is 10.1. The molecule has 1 fully saturated rings. The monoisotopic (exact) mass is 274 g/mol. The van der Waals surface area contributed by atoms with Gasteiger partial charge in [-0.2, -0.15) is 11.8 Å². The van der Waals surface area contributed by atoms with Crippen molar-refractivity contribution < 1.29 is 9.59 Å². The summed E-state index contributed by atoms with van der Waals surface area (Å²) >= 11 is 1.78. The zero-order chi connectivity index (χ0) is 14.1. The molecule has 0 aliphatic carbocycles. The predicted molar refractivity (Wildman–Crippen MR) is 77.6 cm³/mol. The van der Waals surface area contributed by atoms with Crippen molar-refractivity contribution in [3.63, 3.8) is 0 Å². The van der Waals surface area contributed by atoms with Crippen molar-refractivity contribution in [3.05, 3.63) is 0 Å². The average Bonchev–Trinajstić information content (AvgIpc) is 2.67. The molecule has 4 nitrogen and oxygen atoms in total. The van der Waals surface area contributed by atoms with Crippen LogP contribution in [0.1, 0.15) is 26.7 Å². The Hall–Kier alpha value is -0.710. The molecule has 0 bridgehead atoms. The second-order valence-electron chi connectivity index (χ2n) is 4.75. The number of nitrogens with zero attached hydrogens (tertiary/aromatic N) is 1. The van der Waals surface area contributed by atoms with Gasteiger partial charge in [-0.15, -0.1) is 0 Å². The number of nitrogens with one attached hydrogen (secondary N) is 1. The van der Waals surface area contributed by atoms with Crippen LogP contribution in [-0.2, 0) is 9.59 Å². The van der Waals surface area contributed by atoms with Gasteiger partial charge in [-0.05, 0) is 24.9 Å². The van der Waals surface area contributed by atoms with Gasteiger partial charge < -0.3 is 10.2 Å². The number of carbonyl (C=O) groups excluding carboxylic acids is 2. The third kappa shape index (κ3) is 6.28. The van der Waals surface area contributed by atoms with Gasteiger partial charge in [0.25, 0.3) is 0 Å². The van der Waals surface area contributed by atoms with Crippen molar-refractivity contribution in [2.45, 2.75) is 26.7 Å². The molecule has 0 aromatic heterocycles. The summed E-state index contributed by atoms with van der Waals surface area (Å²) in [7, 11) is 3.53. The maximum atomic E-state index is 10.9. The summed E-state index contributed by atoms with van der Waals surface area (Å²) < 4.78 is 0. The Balaban J connectivity index is 0.000000327. The molecule has 1 N–H and O–H groups in total. The number of rotatable bonds is 4. The Morgan fingerprint density at radius 3 is 2.50 bits per heavy atom. The van der Waals surface area contributed by atoms with Crippen LogP contribution in [0, 0.1) is 11.8 Å². The normalized spacial score (nSPS) is 20.2. The maximum Gasteiger partial charge on any atom is 0.225 e. The second-order valence-corrected chi connectivity index (χ2v) is 5.73. The SMILES string of the molecule is CC1CCN(C)C1=O.CNC(=O)C(C)CCSC. The lowest BCUT2D eigenvalue weighted by Gasteiger charge is -2.07. The summed E-state index contributed by atoms with van der Waals surface area (Å²) in [4.78, 5) is 23.5. The molecule has 1 heterocycles. The molecular formula is C13H26N2O2S. The molecule has 0 radical (unpaired) electrons. The Kier molecular flexibility index (Phi) is 8.89. The lowest BCUT2D eigenvalue weighted by molar-refractivity contribution is -0.129. The number of carbonyl (C=O) groups is 2. The Morgan fingerprint density at radius 2 is 2.22 bits per heavy atom. The van der Waals surface area contributed by atoms with Gasteiger partial charge in [0.2, 0.25) is 11.8 Å². The largest absolute Gasteiger partial charge is 0.359 e. The summed E-state index contributed by atoms with van der Waals surface area (Å²) in [5.41, 5.74) is 0. The summed E-state index contributed by atoms with van der Waals surface area (Å²) in [5.74, 6) is 1.95. The van der Waals surface area contributed by atoms with Crippen LogP contribution in [0.25, 0.3) is 0 Å². The van der Waals surface area contributed by atoms with Crippen LogP contribution in [0.2, 0.25) is 0 Å². The van der Waals surface area contributed by atoms with Crippen LogP contribution >= 0.6 is 11.8 Å². The van der Waals surface area contributed by atoms with E-state index in [1.165, 1.54) is 0 Å². The average molecular weight is 274 g/mol. The maximum absolute atomic E-state index is 10.9. The molecule has 106 valence electrons. The van der Waals surface area contributed by atoms with Crippen molar-refractivity contribution in [1.29, 1.82) is 0 Å². The Bertz CT molecular complexity index is 260. The number of hydrogen-bond acceptors (Lipinski definition) is 3. The van der Waals surface area contributed by atoms with E-state index in [9.17, 15) is 9.59 Å². The van der Waals surface area contributed by atoms with Gasteiger partial charge >= 0.3 is 0 Å². The van der Waals surface area contributed by atoms with Crippen LogP contribution in [0.3, 0.4) is 0 Å².